The maximum atomic E-state index is 12.1. The Morgan fingerprint density at radius 1 is 1.24 bits per heavy atom. The Morgan fingerprint density at radius 3 is 2.43 bits per heavy atom. The molecule has 4 fully saturated rings. The molecule has 21 heavy (non-hydrogen) atoms. The zero-order chi connectivity index (χ0) is 15.3. The number of ether oxygens (including phenoxy) is 2. The van der Waals surface area contributed by atoms with Gasteiger partial charge in [-0.3, -0.25) is 0 Å². The Hall–Kier alpha value is -1.32. The molecule has 0 saturated heterocycles. The average molecular weight is 292 g/mol. The molecule has 4 rings (SSSR count). The second kappa shape index (κ2) is 4.85. The summed E-state index contributed by atoms with van der Waals surface area (Å²) in [5.41, 5.74) is -0.0430. The van der Waals surface area contributed by atoms with Gasteiger partial charge < -0.3 is 9.47 Å². The minimum absolute atomic E-state index is 0.294. The predicted octanol–water partition coefficient (Wildman–Crippen LogP) is 2.86. The summed E-state index contributed by atoms with van der Waals surface area (Å²) < 4.78 is 10.7. The molecule has 4 heteroatoms. The monoisotopic (exact) mass is 292 g/mol. The van der Waals surface area contributed by atoms with Gasteiger partial charge in [-0.05, 0) is 49.4 Å². The first-order valence-corrected chi connectivity index (χ1v) is 7.88. The van der Waals surface area contributed by atoms with Gasteiger partial charge in [0, 0.05) is 12.0 Å². The number of carbonyl (C=O) groups excluding carboxylic acids is 2. The second-order valence-corrected chi connectivity index (χ2v) is 7.51. The van der Waals surface area contributed by atoms with Gasteiger partial charge >= 0.3 is 11.9 Å². The van der Waals surface area contributed by atoms with Gasteiger partial charge in [0.1, 0.15) is 5.60 Å². The van der Waals surface area contributed by atoms with E-state index in [-0.39, 0.29) is 12.2 Å². The van der Waals surface area contributed by atoms with Gasteiger partial charge in [0.2, 0.25) is 0 Å². The van der Waals surface area contributed by atoms with Crippen molar-refractivity contribution >= 4 is 11.9 Å². The van der Waals surface area contributed by atoms with Crippen molar-refractivity contribution in [3.63, 3.8) is 0 Å². The smallest absolute Gasteiger partial charge is 0.344 e. The number of rotatable bonds is 4. The summed E-state index contributed by atoms with van der Waals surface area (Å²) in [7, 11) is 0. The van der Waals surface area contributed by atoms with E-state index in [0.717, 1.165) is 18.9 Å². The molecular formula is C17H24O4. The van der Waals surface area contributed by atoms with Gasteiger partial charge in [0.25, 0.3) is 0 Å². The topological polar surface area (TPSA) is 52.6 Å². The van der Waals surface area contributed by atoms with Crippen molar-refractivity contribution in [3.05, 3.63) is 12.7 Å². The number of hydrogen-bond donors (Lipinski definition) is 0. The molecule has 4 aliphatic carbocycles. The third-order valence-electron chi connectivity index (χ3n) is 6.10. The highest BCUT2D eigenvalue weighted by atomic mass is 16.6. The lowest BCUT2D eigenvalue weighted by Gasteiger charge is -2.64. The normalized spacial score (nSPS) is 43.4. The molecule has 4 saturated carbocycles. The zero-order valence-corrected chi connectivity index (χ0v) is 12.9. The van der Waals surface area contributed by atoms with E-state index in [1.165, 1.54) is 19.3 Å². The highest BCUT2D eigenvalue weighted by molar-refractivity contribution is 5.83. The van der Waals surface area contributed by atoms with Crippen LogP contribution in [0.1, 0.15) is 46.0 Å². The molecule has 0 spiro atoms. The van der Waals surface area contributed by atoms with Crippen molar-refractivity contribution in [2.75, 3.05) is 6.61 Å². The van der Waals surface area contributed by atoms with E-state index in [9.17, 15) is 9.59 Å². The maximum absolute atomic E-state index is 12.1. The SMILES string of the molecule is C=CC(=O)OCC(=O)OC12CC3CC(CC(C)(C3)C1C)C2. The lowest BCUT2D eigenvalue weighted by molar-refractivity contribution is -0.227. The molecule has 0 aliphatic heterocycles. The summed E-state index contributed by atoms with van der Waals surface area (Å²) in [4.78, 5) is 23.1. The van der Waals surface area contributed by atoms with E-state index in [4.69, 9.17) is 9.47 Å². The van der Waals surface area contributed by atoms with Crippen LogP contribution in [0, 0.1) is 23.2 Å². The van der Waals surface area contributed by atoms with E-state index in [0.29, 0.717) is 23.2 Å². The van der Waals surface area contributed by atoms with Crippen LogP contribution in [0.3, 0.4) is 0 Å². The number of carbonyl (C=O) groups is 2. The Labute approximate surface area is 125 Å². The first kappa shape index (κ1) is 14.6. The summed E-state index contributed by atoms with van der Waals surface area (Å²) in [6.45, 7) is 7.56. The summed E-state index contributed by atoms with van der Waals surface area (Å²) in [6, 6.07) is 0. The molecule has 0 N–H and O–H groups in total. The first-order valence-electron chi connectivity index (χ1n) is 7.88. The fourth-order valence-electron chi connectivity index (χ4n) is 5.37. The van der Waals surface area contributed by atoms with Gasteiger partial charge in [-0.15, -0.1) is 0 Å². The summed E-state index contributed by atoms with van der Waals surface area (Å²) in [6.07, 6.45) is 6.81. The van der Waals surface area contributed by atoms with Crippen LogP contribution >= 0.6 is 0 Å². The van der Waals surface area contributed by atoms with Crippen LogP contribution < -0.4 is 0 Å². The molecule has 4 nitrogen and oxygen atoms in total. The van der Waals surface area contributed by atoms with Crippen LogP contribution in [0.25, 0.3) is 0 Å². The lowest BCUT2D eigenvalue weighted by Crippen LogP contribution is -2.62. The van der Waals surface area contributed by atoms with E-state index >= 15 is 0 Å². The van der Waals surface area contributed by atoms with Crippen LogP contribution in [0.4, 0.5) is 0 Å². The zero-order valence-electron chi connectivity index (χ0n) is 12.9. The van der Waals surface area contributed by atoms with Crippen molar-refractivity contribution in [2.24, 2.45) is 23.2 Å². The summed E-state index contributed by atoms with van der Waals surface area (Å²) in [5, 5.41) is 0. The number of hydrogen-bond acceptors (Lipinski definition) is 4. The van der Waals surface area contributed by atoms with Gasteiger partial charge in [-0.25, -0.2) is 9.59 Å². The summed E-state index contributed by atoms with van der Waals surface area (Å²) in [5.74, 6) is 0.723. The molecule has 0 amide bonds. The van der Waals surface area contributed by atoms with Crippen molar-refractivity contribution in [3.8, 4) is 0 Å². The molecular weight excluding hydrogens is 268 g/mol. The quantitative estimate of drug-likeness (QED) is 0.590. The van der Waals surface area contributed by atoms with Crippen LogP contribution in [0.15, 0.2) is 12.7 Å². The van der Waals surface area contributed by atoms with Crippen molar-refractivity contribution in [1.82, 2.24) is 0 Å². The molecule has 0 aromatic rings. The molecule has 116 valence electrons. The van der Waals surface area contributed by atoms with Crippen molar-refractivity contribution < 1.29 is 19.1 Å². The van der Waals surface area contributed by atoms with E-state index < -0.39 is 11.9 Å². The minimum atomic E-state index is -0.586. The fraction of sp³-hybridized carbons (Fsp3) is 0.765. The van der Waals surface area contributed by atoms with Crippen LogP contribution in [0.5, 0.6) is 0 Å². The Balaban J connectivity index is 1.70. The van der Waals surface area contributed by atoms with E-state index in [2.05, 4.69) is 20.4 Å². The molecule has 0 aromatic heterocycles. The lowest BCUT2D eigenvalue weighted by atomic mass is 9.44. The van der Waals surface area contributed by atoms with Crippen LogP contribution in [-0.4, -0.2) is 24.1 Å². The molecule has 3 atom stereocenters. The second-order valence-electron chi connectivity index (χ2n) is 7.51. The number of esters is 2. The molecule has 0 radical (unpaired) electrons. The largest absolute Gasteiger partial charge is 0.456 e. The molecule has 0 aromatic carbocycles. The average Bonchev–Trinajstić information content (AvgIpc) is 2.41. The standard InChI is InChI=1S/C17H24O4/c1-4-14(18)20-10-15(19)21-17-8-12-5-13(9-17)7-16(3,6-12)11(17)2/h4,11-13H,1,5-10H2,2-3H3. The molecule has 4 aliphatic rings. The Morgan fingerprint density at radius 2 is 1.86 bits per heavy atom. The Kier molecular flexibility index (Phi) is 3.38. The highest BCUT2D eigenvalue weighted by Crippen LogP contribution is 2.65. The van der Waals surface area contributed by atoms with Crippen molar-refractivity contribution in [1.29, 1.82) is 0 Å². The van der Waals surface area contributed by atoms with Gasteiger partial charge in [0.15, 0.2) is 6.61 Å². The highest BCUT2D eigenvalue weighted by Gasteiger charge is 2.62. The van der Waals surface area contributed by atoms with Gasteiger partial charge in [-0.2, -0.15) is 0 Å². The first-order chi connectivity index (χ1) is 9.87. The van der Waals surface area contributed by atoms with E-state index in [1.807, 2.05) is 0 Å². The third-order valence-corrected chi connectivity index (χ3v) is 6.10. The molecule has 0 heterocycles. The van der Waals surface area contributed by atoms with Crippen molar-refractivity contribution in [2.45, 2.75) is 51.6 Å². The third kappa shape index (κ3) is 2.39. The van der Waals surface area contributed by atoms with E-state index in [1.54, 1.807) is 0 Å². The fourth-order valence-corrected chi connectivity index (χ4v) is 5.37. The molecule has 3 unspecified atom stereocenters. The summed E-state index contributed by atoms with van der Waals surface area (Å²) >= 11 is 0. The van der Waals surface area contributed by atoms with Gasteiger partial charge in [-0.1, -0.05) is 20.4 Å². The van der Waals surface area contributed by atoms with Crippen LogP contribution in [-0.2, 0) is 19.1 Å². The Bertz CT molecular complexity index is 467. The predicted molar refractivity (Wildman–Crippen MR) is 77.3 cm³/mol. The molecule has 4 bridgehead atoms. The van der Waals surface area contributed by atoms with Crippen LogP contribution in [0.2, 0.25) is 0 Å². The minimum Gasteiger partial charge on any atom is -0.456 e. The maximum Gasteiger partial charge on any atom is 0.344 e. The van der Waals surface area contributed by atoms with Gasteiger partial charge in [0.05, 0.1) is 0 Å².